The molecule has 1 atom stereocenters. The van der Waals surface area contributed by atoms with Crippen LogP contribution in [0.25, 0.3) is 11.1 Å². The van der Waals surface area contributed by atoms with Crippen molar-refractivity contribution in [2.24, 2.45) is 0 Å². The van der Waals surface area contributed by atoms with Gasteiger partial charge in [0.05, 0.1) is 0 Å². The normalized spacial score (nSPS) is 17.8. The van der Waals surface area contributed by atoms with Crippen molar-refractivity contribution >= 4 is 18.0 Å². The van der Waals surface area contributed by atoms with Crippen molar-refractivity contribution < 1.29 is 24.2 Å². The molecule has 2 aliphatic carbocycles. The number of hydrogen-bond acceptors (Lipinski definition) is 4. The number of benzene rings is 2. The lowest BCUT2D eigenvalue weighted by Gasteiger charge is -2.34. The number of carboxylic acids is 1. The molecule has 1 unspecified atom stereocenters. The van der Waals surface area contributed by atoms with E-state index in [4.69, 9.17) is 4.74 Å². The molecule has 7 heteroatoms. The van der Waals surface area contributed by atoms with Gasteiger partial charge in [0.2, 0.25) is 5.91 Å². The summed E-state index contributed by atoms with van der Waals surface area (Å²) in [5.74, 6) is -1.62. The number of alkyl carbamates (subject to hydrolysis) is 1. The van der Waals surface area contributed by atoms with Crippen LogP contribution >= 0.6 is 0 Å². The van der Waals surface area contributed by atoms with Gasteiger partial charge in [-0.15, -0.1) is 0 Å². The Balaban J connectivity index is 1.46. The minimum absolute atomic E-state index is 0.0774. The van der Waals surface area contributed by atoms with Crippen molar-refractivity contribution in [2.45, 2.75) is 69.4 Å². The predicted molar refractivity (Wildman–Crippen MR) is 128 cm³/mol. The van der Waals surface area contributed by atoms with Crippen LogP contribution in [0.3, 0.4) is 0 Å². The summed E-state index contributed by atoms with van der Waals surface area (Å²) in [5, 5.41) is 15.2. The van der Waals surface area contributed by atoms with Crippen LogP contribution in [0.4, 0.5) is 4.79 Å². The zero-order valence-corrected chi connectivity index (χ0v) is 19.7. The summed E-state index contributed by atoms with van der Waals surface area (Å²) in [7, 11) is 0. The molecule has 4 rings (SSSR count). The van der Waals surface area contributed by atoms with E-state index in [0.717, 1.165) is 35.1 Å². The summed E-state index contributed by atoms with van der Waals surface area (Å²) < 4.78 is 5.66. The first-order chi connectivity index (χ1) is 16.3. The maximum absolute atomic E-state index is 13.2. The number of carbonyl (C=O) groups is 3. The largest absolute Gasteiger partial charge is 0.480 e. The Morgan fingerprint density at radius 2 is 1.59 bits per heavy atom. The number of rotatable bonds is 8. The van der Waals surface area contributed by atoms with Gasteiger partial charge in [-0.05, 0) is 48.4 Å². The predicted octanol–water partition coefficient (Wildman–Crippen LogP) is 4.60. The summed E-state index contributed by atoms with van der Waals surface area (Å²) in [4.78, 5) is 37.9. The topological polar surface area (TPSA) is 105 Å². The Hall–Kier alpha value is -3.35. The maximum atomic E-state index is 13.2. The van der Waals surface area contributed by atoms with E-state index in [1.807, 2.05) is 43.3 Å². The molecule has 1 saturated carbocycles. The second kappa shape index (κ2) is 9.49. The molecule has 0 radical (unpaired) electrons. The Labute approximate surface area is 199 Å². The van der Waals surface area contributed by atoms with Gasteiger partial charge in [-0.1, -0.05) is 74.7 Å². The number of carbonyl (C=O) groups excluding carboxylic acids is 2. The molecule has 3 N–H and O–H groups in total. The van der Waals surface area contributed by atoms with Gasteiger partial charge >= 0.3 is 12.1 Å². The first-order valence-corrected chi connectivity index (χ1v) is 12.0. The minimum atomic E-state index is -1.38. The molecule has 7 nitrogen and oxygen atoms in total. The molecule has 0 heterocycles. The highest BCUT2D eigenvalue weighted by Crippen LogP contribution is 2.44. The van der Waals surface area contributed by atoms with E-state index in [1.165, 1.54) is 6.92 Å². The number of hydrogen-bond donors (Lipinski definition) is 3. The van der Waals surface area contributed by atoms with Gasteiger partial charge in [-0.3, -0.25) is 4.79 Å². The average Bonchev–Trinajstić information content (AvgIpc) is 3.41. The fourth-order valence-electron chi connectivity index (χ4n) is 5.31. The summed E-state index contributed by atoms with van der Waals surface area (Å²) in [6, 6.07) is 16.2. The van der Waals surface area contributed by atoms with Crippen LogP contribution in [0.15, 0.2) is 48.5 Å². The molecule has 0 spiro atoms. The molecule has 2 aliphatic rings. The Kier molecular flexibility index (Phi) is 6.64. The van der Waals surface area contributed by atoms with Gasteiger partial charge in [-0.2, -0.15) is 0 Å². The first kappa shape index (κ1) is 23.8. The van der Waals surface area contributed by atoms with Gasteiger partial charge < -0.3 is 20.5 Å². The second-order valence-electron chi connectivity index (χ2n) is 9.58. The van der Waals surface area contributed by atoms with Gasteiger partial charge in [-0.25, -0.2) is 9.59 Å². The number of fused-ring (bicyclic) bond motifs is 3. The van der Waals surface area contributed by atoms with E-state index < -0.39 is 29.0 Å². The van der Waals surface area contributed by atoms with E-state index in [1.54, 1.807) is 0 Å². The fourth-order valence-corrected chi connectivity index (χ4v) is 5.31. The average molecular weight is 465 g/mol. The number of aliphatic carboxylic acids is 1. The molecule has 0 bridgehead atoms. The second-order valence-corrected chi connectivity index (χ2v) is 9.58. The van der Waals surface area contributed by atoms with Crippen molar-refractivity contribution in [3.63, 3.8) is 0 Å². The van der Waals surface area contributed by atoms with Crippen LogP contribution in [0.2, 0.25) is 0 Å². The molecular weight excluding hydrogens is 432 g/mol. The Morgan fingerprint density at radius 3 is 2.12 bits per heavy atom. The van der Waals surface area contributed by atoms with Crippen LogP contribution in [-0.4, -0.2) is 40.8 Å². The van der Waals surface area contributed by atoms with Gasteiger partial charge in [0.1, 0.15) is 17.7 Å². The highest BCUT2D eigenvalue weighted by atomic mass is 16.5. The molecule has 1 fully saturated rings. The number of carboxylic acid groups (broad SMARTS) is 1. The molecule has 0 aliphatic heterocycles. The molecular formula is C27H32N2O5. The van der Waals surface area contributed by atoms with Crippen LogP contribution in [0.1, 0.15) is 69.4 Å². The monoisotopic (exact) mass is 464 g/mol. The highest BCUT2D eigenvalue weighted by molar-refractivity contribution is 5.94. The van der Waals surface area contributed by atoms with Crippen LogP contribution < -0.4 is 10.6 Å². The SMILES string of the molecule is CCCC(C)(NC(=O)C1(NC(=O)OCC2c3ccccc3-c3ccccc32)CCCC1)C(=O)O. The van der Waals surface area contributed by atoms with Crippen molar-refractivity contribution in [2.75, 3.05) is 6.61 Å². The summed E-state index contributed by atoms with van der Waals surface area (Å²) in [6.45, 7) is 3.53. The van der Waals surface area contributed by atoms with E-state index in [-0.39, 0.29) is 12.5 Å². The lowest BCUT2D eigenvalue weighted by molar-refractivity contribution is -0.148. The minimum Gasteiger partial charge on any atom is -0.480 e. The quantitative estimate of drug-likeness (QED) is 0.530. The molecule has 2 aromatic carbocycles. The highest BCUT2D eigenvalue weighted by Gasteiger charge is 2.46. The van der Waals surface area contributed by atoms with E-state index in [9.17, 15) is 19.5 Å². The molecule has 0 saturated heterocycles. The number of amides is 2. The summed E-state index contributed by atoms with van der Waals surface area (Å²) >= 11 is 0. The lowest BCUT2D eigenvalue weighted by atomic mass is 9.91. The molecule has 2 amide bonds. The third kappa shape index (κ3) is 4.39. The third-order valence-electron chi connectivity index (χ3n) is 7.19. The number of nitrogens with one attached hydrogen (secondary N) is 2. The van der Waals surface area contributed by atoms with E-state index in [0.29, 0.717) is 25.7 Å². The summed E-state index contributed by atoms with van der Waals surface area (Å²) in [6.07, 6.45) is 2.69. The van der Waals surface area contributed by atoms with Gasteiger partial charge in [0.15, 0.2) is 0 Å². The molecule has 180 valence electrons. The Morgan fingerprint density at radius 1 is 1.03 bits per heavy atom. The standard InChI is InChI=1S/C27H32N2O5/c1-3-14-26(2,24(31)32)28-23(30)27(15-8-9-16-27)29-25(33)34-17-22-20-12-6-4-10-18(20)19-11-5-7-13-21(19)22/h4-7,10-13,22H,3,8-9,14-17H2,1-2H3,(H,28,30)(H,29,33)(H,31,32). The van der Waals surface area contributed by atoms with Crippen molar-refractivity contribution in [3.05, 3.63) is 59.7 Å². The van der Waals surface area contributed by atoms with Crippen LogP contribution in [-0.2, 0) is 14.3 Å². The fraction of sp³-hybridized carbons (Fsp3) is 0.444. The van der Waals surface area contributed by atoms with Gasteiger partial charge in [0.25, 0.3) is 0 Å². The molecule has 2 aromatic rings. The lowest BCUT2D eigenvalue weighted by Crippen LogP contribution is -2.63. The Bertz CT molecular complexity index is 1050. The maximum Gasteiger partial charge on any atom is 0.408 e. The zero-order chi connectivity index (χ0) is 24.3. The first-order valence-electron chi connectivity index (χ1n) is 12.0. The van der Waals surface area contributed by atoms with E-state index in [2.05, 4.69) is 22.8 Å². The van der Waals surface area contributed by atoms with E-state index >= 15 is 0 Å². The molecule has 0 aromatic heterocycles. The van der Waals surface area contributed by atoms with Crippen molar-refractivity contribution in [3.8, 4) is 11.1 Å². The summed E-state index contributed by atoms with van der Waals surface area (Å²) in [5.41, 5.74) is 1.96. The third-order valence-corrected chi connectivity index (χ3v) is 7.19. The van der Waals surface area contributed by atoms with Crippen molar-refractivity contribution in [1.82, 2.24) is 10.6 Å². The number of ether oxygens (including phenoxy) is 1. The van der Waals surface area contributed by atoms with Crippen LogP contribution in [0, 0.1) is 0 Å². The van der Waals surface area contributed by atoms with Gasteiger partial charge in [0, 0.05) is 5.92 Å². The zero-order valence-electron chi connectivity index (χ0n) is 19.7. The smallest absolute Gasteiger partial charge is 0.408 e. The molecule has 34 heavy (non-hydrogen) atoms. The van der Waals surface area contributed by atoms with Crippen molar-refractivity contribution in [1.29, 1.82) is 0 Å². The van der Waals surface area contributed by atoms with Crippen LogP contribution in [0.5, 0.6) is 0 Å².